The zero-order valence-corrected chi connectivity index (χ0v) is 15.1. The van der Waals surface area contributed by atoms with E-state index in [1.54, 1.807) is 18.0 Å². The van der Waals surface area contributed by atoms with Crippen LogP contribution in [-0.2, 0) is 4.79 Å². The monoisotopic (exact) mass is 362 g/mol. The van der Waals surface area contributed by atoms with Gasteiger partial charge in [0.1, 0.15) is 5.82 Å². The molecule has 0 aliphatic heterocycles. The van der Waals surface area contributed by atoms with E-state index in [1.807, 2.05) is 54.6 Å². The fraction of sp³-hybridized carbons (Fsp3) is 0.150. The van der Waals surface area contributed by atoms with Crippen molar-refractivity contribution in [1.82, 2.24) is 15.0 Å². The van der Waals surface area contributed by atoms with Crippen LogP contribution in [0.4, 0.5) is 5.69 Å². The highest BCUT2D eigenvalue weighted by molar-refractivity contribution is 8.00. The summed E-state index contributed by atoms with van der Waals surface area (Å²) < 4.78 is 0. The highest BCUT2D eigenvalue weighted by atomic mass is 32.2. The van der Waals surface area contributed by atoms with E-state index in [2.05, 4.69) is 27.2 Å². The smallest absolute Gasteiger partial charge is 0.234 e. The summed E-state index contributed by atoms with van der Waals surface area (Å²) in [6.45, 7) is 2.05. The highest BCUT2D eigenvalue weighted by Gasteiger charge is 2.14. The molecule has 26 heavy (non-hydrogen) atoms. The fourth-order valence-corrected chi connectivity index (χ4v) is 3.58. The van der Waals surface area contributed by atoms with Crippen molar-refractivity contribution in [2.75, 3.05) is 11.1 Å². The first kappa shape index (κ1) is 16.6. The molecule has 1 amide bonds. The predicted octanol–water partition coefficient (Wildman–Crippen LogP) is 4.54. The number of nitrogens with zero attached hydrogens (tertiary/aromatic N) is 2. The van der Waals surface area contributed by atoms with Gasteiger partial charge < -0.3 is 10.3 Å². The van der Waals surface area contributed by atoms with Crippen molar-refractivity contribution in [3.05, 3.63) is 66.6 Å². The summed E-state index contributed by atoms with van der Waals surface area (Å²) in [4.78, 5) is 24.7. The molecule has 5 nitrogen and oxygen atoms in total. The number of anilines is 1. The molecule has 4 aromatic rings. The molecule has 2 N–H and O–H groups in total. The number of pyridine rings is 1. The Kier molecular flexibility index (Phi) is 4.58. The fourth-order valence-electron chi connectivity index (χ4n) is 2.84. The first-order valence-electron chi connectivity index (χ1n) is 8.40. The van der Waals surface area contributed by atoms with Gasteiger partial charge in [-0.2, -0.15) is 0 Å². The third-order valence-electron chi connectivity index (χ3n) is 4.16. The third-order valence-corrected chi connectivity index (χ3v) is 5.32. The second kappa shape index (κ2) is 7.17. The molecule has 0 bridgehead atoms. The summed E-state index contributed by atoms with van der Waals surface area (Å²) in [6, 6.07) is 17.6. The van der Waals surface area contributed by atoms with E-state index in [-0.39, 0.29) is 11.2 Å². The average Bonchev–Trinajstić information content (AvgIpc) is 3.11. The highest BCUT2D eigenvalue weighted by Crippen LogP contribution is 2.28. The maximum atomic E-state index is 12.4. The number of amides is 1. The van der Waals surface area contributed by atoms with Crippen molar-refractivity contribution < 1.29 is 4.79 Å². The maximum Gasteiger partial charge on any atom is 0.234 e. The Bertz CT molecular complexity index is 1040. The summed E-state index contributed by atoms with van der Waals surface area (Å²) in [5, 5.41) is 4.07. The minimum Gasteiger partial charge on any atom is -0.341 e. The van der Waals surface area contributed by atoms with Gasteiger partial charge in [0, 0.05) is 11.6 Å². The second-order valence-corrected chi connectivity index (χ2v) is 7.35. The molecule has 6 heteroatoms. The van der Waals surface area contributed by atoms with Crippen LogP contribution < -0.4 is 5.32 Å². The molecule has 2 aromatic carbocycles. The molecule has 0 aliphatic rings. The second-order valence-electron chi connectivity index (χ2n) is 6.02. The summed E-state index contributed by atoms with van der Waals surface area (Å²) in [5.41, 5.74) is 3.51. The van der Waals surface area contributed by atoms with Gasteiger partial charge in [0.15, 0.2) is 0 Å². The van der Waals surface area contributed by atoms with Gasteiger partial charge in [0.2, 0.25) is 5.91 Å². The van der Waals surface area contributed by atoms with Gasteiger partial charge in [-0.3, -0.25) is 9.78 Å². The van der Waals surface area contributed by atoms with Crippen molar-refractivity contribution >= 4 is 45.3 Å². The number of aromatic amines is 1. The van der Waals surface area contributed by atoms with Gasteiger partial charge in [-0.1, -0.05) is 30.3 Å². The van der Waals surface area contributed by atoms with Crippen molar-refractivity contribution in [2.24, 2.45) is 0 Å². The number of carbonyl (C=O) groups excluding carboxylic acids is 1. The van der Waals surface area contributed by atoms with E-state index in [9.17, 15) is 4.79 Å². The number of H-pyrrole nitrogens is 1. The molecule has 2 aromatic heterocycles. The SMILES string of the molecule is CC(SCC(=O)Nc1cccc2cccnc12)c1nc2ccccc2[nH]1. The van der Waals surface area contributed by atoms with Crippen LogP contribution in [0.15, 0.2) is 60.8 Å². The van der Waals surface area contributed by atoms with Gasteiger partial charge in [-0.05, 0) is 31.2 Å². The first-order valence-corrected chi connectivity index (χ1v) is 9.45. The van der Waals surface area contributed by atoms with Gasteiger partial charge in [-0.15, -0.1) is 11.8 Å². The Hall–Kier alpha value is -2.86. The lowest BCUT2D eigenvalue weighted by Crippen LogP contribution is -2.15. The van der Waals surface area contributed by atoms with Crippen molar-refractivity contribution in [3.8, 4) is 0 Å². The number of thioether (sulfide) groups is 1. The standard InChI is InChI=1S/C20H18N4OS/c1-13(20-23-15-8-2-3-9-16(15)24-20)26-12-18(25)22-17-10-4-6-14-7-5-11-21-19(14)17/h2-11,13H,12H2,1H3,(H,22,25)(H,23,24). The van der Waals surface area contributed by atoms with Crippen LogP contribution in [-0.4, -0.2) is 26.6 Å². The number of benzene rings is 2. The van der Waals surface area contributed by atoms with Crippen LogP contribution in [0, 0.1) is 0 Å². The van der Waals surface area contributed by atoms with E-state index in [0.717, 1.165) is 33.4 Å². The number of fused-ring (bicyclic) bond motifs is 2. The molecule has 4 rings (SSSR count). The van der Waals surface area contributed by atoms with Crippen LogP contribution in [0.3, 0.4) is 0 Å². The van der Waals surface area contributed by atoms with Crippen LogP contribution >= 0.6 is 11.8 Å². The van der Waals surface area contributed by atoms with E-state index in [4.69, 9.17) is 0 Å². The van der Waals surface area contributed by atoms with Crippen LogP contribution in [0.2, 0.25) is 0 Å². The van der Waals surface area contributed by atoms with Crippen LogP contribution in [0.25, 0.3) is 21.9 Å². The van der Waals surface area contributed by atoms with Gasteiger partial charge >= 0.3 is 0 Å². The van der Waals surface area contributed by atoms with E-state index >= 15 is 0 Å². The van der Waals surface area contributed by atoms with E-state index in [1.165, 1.54) is 0 Å². The molecule has 1 atom stereocenters. The lowest BCUT2D eigenvalue weighted by molar-refractivity contribution is -0.113. The lowest BCUT2D eigenvalue weighted by Gasteiger charge is -2.10. The molecule has 0 saturated heterocycles. The molecule has 0 spiro atoms. The number of hydrogen-bond acceptors (Lipinski definition) is 4. The molecule has 2 heterocycles. The summed E-state index contributed by atoms with van der Waals surface area (Å²) in [5.74, 6) is 1.19. The molecular weight excluding hydrogens is 344 g/mol. The Morgan fingerprint density at radius 3 is 2.88 bits per heavy atom. The Balaban J connectivity index is 1.41. The number of imidazole rings is 1. The molecule has 1 unspecified atom stereocenters. The third kappa shape index (κ3) is 3.41. The molecule has 0 aliphatic carbocycles. The lowest BCUT2D eigenvalue weighted by atomic mass is 10.2. The van der Waals surface area contributed by atoms with Crippen LogP contribution in [0.1, 0.15) is 18.0 Å². The summed E-state index contributed by atoms with van der Waals surface area (Å²) in [6.07, 6.45) is 1.73. The van der Waals surface area contributed by atoms with Gasteiger partial charge in [0.25, 0.3) is 0 Å². The van der Waals surface area contributed by atoms with E-state index in [0.29, 0.717) is 5.75 Å². The zero-order valence-electron chi connectivity index (χ0n) is 14.3. The van der Waals surface area contributed by atoms with Crippen molar-refractivity contribution in [3.63, 3.8) is 0 Å². The number of rotatable bonds is 5. The minimum absolute atomic E-state index is 0.0453. The van der Waals surface area contributed by atoms with Crippen molar-refractivity contribution in [2.45, 2.75) is 12.2 Å². The number of carbonyl (C=O) groups is 1. The number of aromatic nitrogens is 3. The first-order chi connectivity index (χ1) is 12.7. The summed E-state index contributed by atoms with van der Waals surface area (Å²) in [7, 11) is 0. The Morgan fingerprint density at radius 2 is 2.00 bits per heavy atom. The minimum atomic E-state index is -0.0453. The van der Waals surface area contributed by atoms with Gasteiger partial charge in [0.05, 0.1) is 33.2 Å². The number of nitrogens with one attached hydrogen (secondary N) is 2. The molecule has 0 fully saturated rings. The Labute approximate surface area is 155 Å². The summed E-state index contributed by atoms with van der Waals surface area (Å²) >= 11 is 1.55. The van der Waals surface area contributed by atoms with Crippen LogP contribution in [0.5, 0.6) is 0 Å². The van der Waals surface area contributed by atoms with E-state index < -0.39 is 0 Å². The quantitative estimate of drug-likeness (QED) is 0.547. The maximum absolute atomic E-state index is 12.4. The predicted molar refractivity (Wildman–Crippen MR) is 107 cm³/mol. The zero-order chi connectivity index (χ0) is 17.9. The Morgan fingerprint density at radius 1 is 1.15 bits per heavy atom. The number of para-hydroxylation sites is 3. The topological polar surface area (TPSA) is 70.7 Å². The molecule has 0 radical (unpaired) electrons. The largest absolute Gasteiger partial charge is 0.341 e. The number of hydrogen-bond donors (Lipinski definition) is 2. The molecule has 0 saturated carbocycles. The molecule has 130 valence electrons. The van der Waals surface area contributed by atoms with Crippen molar-refractivity contribution in [1.29, 1.82) is 0 Å². The molecular formula is C20H18N4OS. The normalized spacial score (nSPS) is 12.3. The van der Waals surface area contributed by atoms with Gasteiger partial charge in [-0.25, -0.2) is 4.98 Å². The average molecular weight is 362 g/mol.